The minimum absolute atomic E-state index is 0.0317. The molecule has 0 bridgehead atoms. The Morgan fingerprint density at radius 2 is 2.03 bits per heavy atom. The molecule has 1 aliphatic rings. The van der Waals surface area contributed by atoms with Gasteiger partial charge in [-0.05, 0) is 48.6 Å². The molecular weight excluding hydrogens is 380 g/mol. The summed E-state index contributed by atoms with van der Waals surface area (Å²) in [5.74, 6) is 3.16. The molecule has 1 N–H and O–H groups in total. The summed E-state index contributed by atoms with van der Waals surface area (Å²) in [6, 6.07) is 11.6. The van der Waals surface area contributed by atoms with E-state index in [4.69, 9.17) is 9.84 Å². The number of benzene rings is 1. The van der Waals surface area contributed by atoms with Gasteiger partial charge in [-0.3, -0.25) is 4.79 Å². The summed E-state index contributed by atoms with van der Waals surface area (Å²) in [6.45, 7) is 4.80. The summed E-state index contributed by atoms with van der Waals surface area (Å²) in [5.41, 5.74) is 1.70. The molecule has 0 atom stereocenters. The molecule has 1 amide bonds. The van der Waals surface area contributed by atoms with Crippen molar-refractivity contribution in [1.29, 1.82) is 0 Å². The Labute approximate surface area is 176 Å². The highest BCUT2D eigenvalue weighted by atomic mass is 16.5. The van der Waals surface area contributed by atoms with Crippen LogP contribution in [0.1, 0.15) is 37.6 Å². The Morgan fingerprint density at radius 1 is 1.20 bits per heavy atom. The second kappa shape index (κ2) is 9.11. The minimum atomic E-state index is -0.0317. The van der Waals surface area contributed by atoms with Gasteiger partial charge in [0.2, 0.25) is 5.91 Å². The van der Waals surface area contributed by atoms with Crippen molar-refractivity contribution >= 4 is 17.4 Å². The Balaban J connectivity index is 1.36. The van der Waals surface area contributed by atoms with Gasteiger partial charge in [-0.1, -0.05) is 19.1 Å². The lowest BCUT2D eigenvalue weighted by Gasteiger charge is -2.30. The van der Waals surface area contributed by atoms with E-state index in [0.717, 1.165) is 36.1 Å². The molecule has 1 aliphatic heterocycles. The van der Waals surface area contributed by atoms with E-state index in [1.807, 2.05) is 36.4 Å². The molecule has 1 aromatic carbocycles. The second-order valence-electron chi connectivity index (χ2n) is 7.88. The Kier molecular flexibility index (Phi) is 6.11. The van der Waals surface area contributed by atoms with Crippen LogP contribution in [0.2, 0.25) is 0 Å². The van der Waals surface area contributed by atoms with Crippen LogP contribution in [-0.2, 0) is 17.8 Å². The maximum Gasteiger partial charge on any atom is 0.220 e. The third-order valence-corrected chi connectivity index (χ3v) is 5.62. The van der Waals surface area contributed by atoms with Crippen LogP contribution in [0.3, 0.4) is 0 Å². The Morgan fingerprint density at radius 3 is 2.83 bits per heavy atom. The van der Waals surface area contributed by atoms with Crippen molar-refractivity contribution < 1.29 is 9.53 Å². The van der Waals surface area contributed by atoms with Gasteiger partial charge in [0.1, 0.15) is 11.6 Å². The van der Waals surface area contributed by atoms with E-state index < -0.39 is 0 Å². The normalized spacial score (nSPS) is 14.8. The summed E-state index contributed by atoms with van der Waals surface area (Å²) in [7, 11) is 1.63. The lowest BCUT2D eigenvalue weighted by molar-refractivity contribution is -0.121. The smallest absolute Gasteiger partial charge is 0.220 e. The summed E-state index contributed by atoms with van der Waals surface area (Å²) >= 11 is 0. The van der Waals surface area contributed by atoms with Crippen LogP contribution in [0.5, 0.6) is 5.75 Å². The molecule has 4 rings (SSSR count). The van der Waals surface area contributed by atoms with Gasteiger partial charge in [-0.15, -0.1) is 15.3 Å². The maximum atomic E-state index is 12.3. The third-order valence-electron chi connectivity index (χ3n) is 5.62. The number of carbonyl (C=O) groups is 1. The first-order chi connectivity index (χ1) is 14.6. The number of aryl methyl sites for hydroxylation is 1. The molecule has 8 heteroatoms. The van der Waals surface area contributed by atoms with Gasteiger partial charge in [-0.2, -0.15) is 4.52 Å². The monoisotopic (exact) mass is 408 g/mol. The van der Waals surface area contributed by atoms with Crippen molar-refractivity contribution in [2.75, 3.05) is 25.1 Å². The van der Waals surface area contributed by atoms with Crippen LogP contribution >= 0.6 is 0 Å². The molecule has 1 saturated heterocycles. The number of fused-ring (bicyclic) bond motifs is 1. The molecule has 0 radical (unpaired) electrons. The zero-order valence-corrected chi connectivity index (χ0v) is 17.5. The quantitative estimate of drug-likeness (QED) is 0.647. The zero-order chi connectivity index (χ0) is 20.9. The maximum absolute atomic E-state index is 12.3. The number of nitrogens with one attached hydrogen (secondary N) is 1. The summed E-state index contributed by atoms with van der Waals surface area (Å²) < 4.78 is 6.98. The van der Waals surface area contributed by atoms with Gasteiger partial charge in [-0.25, -0.2) is 0 Å². The van der Waals surface area contributed by atoms with E-state index in [1.165, 1.54) is 12.8 Å². The molecular formula is C22H28N6O2. The molecule has 8 nitrogen and oxygen atoms in total. The van der Waals surface area contributed by atoms with Gasteiger partial charge in [0, 0.05) is 32.5 Å². The number of amides is 1. The van der Waals surface area contributed by atoms with E-state index in [1.54, 1.807) is 11.6 Å². The SMILES string of the molecule is COc1cccc(CNC(=O)CCc2nnc3ccc(N4CCC(C)CC4)nn23)c1. The molecule has 0 saturated carbocycles. The third kappa shape index (κ3) is 4.69. The largest absolute Gasteiger partial charge is 0.497 e. The van der Waals surface area contributed by atoms with Crippen molar-refractivity contribution in [2.45, 2.75) is 39.2 Å². The lowest BCUT2D eigenvalue weighted by atomic mass is 9.99. The number of piperidine rings is 1. The van der Waals surface area contributed by atoms with Crippen molar-refractivity contribution in [3.63, 3.8) is 0 Å². The molecule has 3 heterocycles. The highest BCUT2D eigenvalue weighted by molar-refractivity contribution is 5.76. The molecule has 0 aliphatic carbocycles. The average Bonchev–Trinajstić information content (AvgIpc) is 3.19. The minimum Gasteiger partial charge on any atom is -0.497 e. The number of hydrogen-bond donors (Lipinski definition) is 1. The van der Waals surface area contributed by atoms with E-state index in [9.17, 15) is 4.79 Å². The van der Waals surface area contributed by atoms with E-state index >= 15 is 0 Å². The number of carbonyl (C=O) groups excluding carboxylic acids is 1. The number of nitrogens with zero attached hydrogens (tertiary/aromatic N) is 5. The molecule has 3 aromatic rings. The van der Waals surface area contributed by atoms with E-state index in [2.05, 4.69) is 27.3 Å². The van der Waals surface area contributed by atoms with Gasteiger partial charge in [0.05, 0.1) is 7.11 Å². The number of anilines is 1. The first-order valence-corrected chi connectivity index (χ1v) is 10.5. The van der Waals surface area contributed by atoms with Crippen LogP contribution < -0.4 is 15.0 Å². The van der Waals surface area contributed by atoms with Gasteiger partial charge >= 0.3 is 0 Å². The molecule has 158 valence electrons. The van der Waals surface area contributed by atoms with Crippen molar-refractivity contribution in [2.24, 2.45) is 5.92 Å². The van der Waals surface area contributed by atoms with Gasteiger partial charge in [0.15, 0.2) is 11.5 Å². The number of hydrogen-bond acceptors (Lipinski definition) is 6. The first-order valence-electron chi connectivity index (χ1n) is 10.5. The average molecular weight is 409 g/mol. The highest BCUT2D eigenvalue weighted by Crippen LogP contribution is 2.21. The number of ether oxygens (including phenoxy) is 1. The number of rotatable bonds is 7. The topological polar surface area (TPSA) is 84.6 Å². The fraction of sp³-hybridized carbons (Fsp3) is 0.455. The summed E-state index contributed by atoms with van der Waals surface area (Å²) in [5, 5.41) is 16.1. The molecule has 0 unspecified atom stereocenters. The van der Waals surface area contributed by atoms with Crippen LogP contribution in [0.15, 0.2) is 36.4 Å². The Bertz CT molecular complexity index is 1010. The van der Waals surface area contributed by atoms with Gasteiger partial charge < -0.3 is 15.0 Å². The van der Waals surface area contributed by atoms with Crippen molar-refractivity contribution in [3.05, 3.63) is 47.8 Å². The highest BCUT2D eigenvalue weighted by Gasteiger charge is 2.18. The predicted molar refractivity (Wildman–Crippen MR) is 115 cm³/mol. The standard InChI is InChI=1S/C22H28N6O2/c1-16-10-12-27(13-11-16)21-7-6-19-24-25-20(28(19)26-21)8-9-22(29)23-15-17-4-3-5-18(14-17)30-2/h3-7,14,16H,8-13,15H2,1-2H3,(H,23,29). The fourth-order valence-corrected chi connectivity index (χ4v) is 3.68. The molecule has 30 heavy (non-hydrogen) atoms. The Hall–Kier alpha value is -3.16. The van der Waals surface area contributed by atoms with Crippen LogP contribution in [0, 0.1) is 5.92 Å². The number of aromatic nitrogens is 4. The predicted octanol–water partition coefficient (Wildman–Crippen LogP) is 2.62. The van der Waals surface area contributed by atoms with E-state index in [0.29, 0.717) is 30.9 Å². The van der Waals surface area contributed by atoms with Crippen molar-refractivity contribution in [3.8, 4) is 5.75 Å². The molecule has 0 spiro atoms. The van der Waals surface area contributed by atoms with Crippen LogP contribution in [-0.4, -0.2) is 45.9 Å². The second-order valence-corrected chi connectivity index (χ2v) is 7.88. The summed E-state index contributed by atoms with van der Waals surface area (Å²) in [6.07, 6.45) is 3.18. The lowest BCUT2D eigenvalue weighted by Crippen LogP contribution is -2.33. The molecule has 1 fully saturated rings. The van der Waals surface area contributed by atoms with Gasteiger partial charge in [0.25, 0.3) is 0 Å². The van der Waals surface area contributed by atoms with Crippen LogP contribution in [0.4, 0.5) is 5.82 Å². The first kappa shape index (κ1) is 20.1. The number of methoxy groups -OCH3 is 1. The zero-order valence-electron chi connectivity index (χ0n) is 17.5. The summed E-state index contributed by atoms with van der Waals surface area (Å²) in [4.78, 5) is 14.6. The fourth-order valence-electron chi connectivity index (χ4n) is 3.68. The van der Waals surface area contributed by atoms with E-state index in [-0.39, 0.29) is 5.91 Å². The molecule has 2 aromatic heterocycles. The van der Waals surface area contributed by atoms with Crippen molar-refractivity contribution in [1.82, 2.24) is 25.1 Å². The van der Waals surface area contributed by atoms with Crippen LogP contribution in [0.25, 0.3) is 5.65 Å².